The van der Waals surface area contributed by atoms with E-state index < -0.39 is 0 Å². The van der Waals surface area contributed by atoms with Gasteiger partial charge in [0.25, 0.3) is 5.91 Å². The van der Waals surface area contributed by atoms with Gasteiger partial charge in [-0.15, -0.1) is 11.3 Å². The molecule has 0 fully saturated rings. The highest BCUT2D eigenvalue weighted by Crippen LogP contribution is 2.35. The van der Waals surface area contributed by atoms with Gasteiger partial charge in [-0.3, -0.25) is 4.79 Å². The Labute approximate surface area is 130 Å². The smallest absolute Gasteiger partial charge is 0.256 e. The molecule has 3 rings (SSSR count). The number of fused-ring (bicyclic) bond motifs is 1. The summed E-state index contributed by atoms with van der Waals surface area (Å²) in [5, 5.41) is 4.89. The normalized spacial score (nSPS) is 15.9. The van der Waals surface area contributed by atoms with Gasteiger partial charge in [0.2, 0.25) is 0 Å². The summed E-state index contributed by atoms with van der Waals surface area (Å²) < 4.78 is 2.17. The van der Waals surface area contributed by atoms with Crippen molar-refractivity contribution in [3.8, 4) is 0 Å². The average molecular weight is 432 g/mol. The zero-order valence-corrected chi connectivity index (χ0v) is 13.6. The van der Waals surface area contributed by atoms with Crippen LogP contribution in [-0.4, -0.2) is 5.91 Å². The van der Waals surface area contributed by atoms with Crippen LogP contribution in [0, 0.1) is 3.57 Å². The van der Waals surface area contributed by atoms with Crippen molar-refractivity contribution < 1.29 is 4.79 Å². The largest absolute Gasteiger partial charge is 0.321 e. The van der Waals surface area contributed by atoms with Crippen LogP contribution in [0.4, 0.5) is 5.69 Å². The van der Waals surface area contributed by atoms with Gasteiger partial charge in [-0.25, -0.2) is 0 Å². The molecule has 1 aromatic carbocycles. The molecule has 2 heterocycles. The standard InChI is InChI=1S/C13H7BrINOS/c14-7-3-9(18-6-7)5-11-10-4-8(15)1-2-12(10)16-13(11)17/h1-6H,(H,16,17). The van der Waals surface area contributed by atoms with Gasteiger partial charge in [-0.05, 0) is 68.9 Å². The van der Waals surface area contributed by atoms with Crippen molar-refractivity contribution in [2.75, 3.05) is 5.32 Å². The van der Waals surface area contributed by atoms with Crippen molar-refractivity contribution in [2.24, 2.45) is 0 Å². The van der Waals surface area contributed by atoms with Crippen molar-refractivity contribution in [3.63, 3.8) is 0 Å². The summed E-state index contributed by atoms with van der Waals surface area (Å²) in [5.41, 5.74) is 2.61. The molecule has 1 aliphatic heterocycles. The number of thiophene rings is 1. The summed E-state index contributed by atoms with van der Waals surface area (Å²) in [6.45, 7) is 0. The van der Waals surface area contributed by atoms with Gasteiger partial charge in [0.05, 0.1) is 5.57 Å². The van der Waals surface area contributed by atoms with Crippen LogP contribution in [0.25, 0.3) is 11.6 Å². The number of anilines is 1. The van der Waals surface area contributed by atoms with Crippen LogP contribution < -0.4 is 5.32 Å². The van der Waals surface area contributed by atoms with Crippen LogP contribution in [0.3, 0.4) is 0 Å². The number of amides is 1. The molecular weight excluding hydrogens is 425 g/mol. The van der Waals surface area contributed by atoms with E-state index in [0.29, 0.717) is 0 Å². The second kappa shape index (κ2) is 4.79. The lowest BCUT2D eigenvalue weighted by Gasteiger charge is -1.98. The molecule has 18 heavy (non-hydrogen) atoms. The first-order valence-electron chi connectivity index (χ1n) is 5.20. The molecule has 1 amide bonds. The molecule has 1 aromatic heterocycles. The first-order chi connectivity index (χ1) is 8.63. The number of carbonyl (C=O) groups excluding carboxylic acids is 1. The molecule has 0 bridgehead atoms. The van der Waals surface area contributed by atoms with Crippen molar-refractivity contribution in [1.82, 2.24) is 0 Å². The lowest BCUT2D eigenvalue weighted by Crippen LogP contribution is -2.03. The molecule has 0 saturated carbocycles. The zero-order valence-electron chi connectivity index (χ0n) is 9.04. The van der Waals surface area contributed by atoms with Crippen molar-refractivity contribution in [3.05, 3.63) is 48.1 Å². The topological polar surface area (TPSA) is 29.1 Å². The van der Waals surface area contributed by atoms with E-state index in [0.717, 1.165) is 29.7 Å². The van der Waals surface area contributed by atoms with Gasteiger partial charge in [0, 0.05) is 29.6 Å². The van der Waals surface area contributed by atoms with Crippen molar-refractivity contribution in [2.45, 2.75) is 0 Å². The number of carbonyl (C=O) groups is 1. The number of nitrogens with one attached hydrogen (secondary N) is 1. The van der Waals surface area contributed by atoms with E-state index in [4.69, 9.17) is 0 Å². The Morgan fingerprint density at radius 1 is 1.33 bits per heavy atom. The molecule has 1 N–H and O–H groups in total. The van der Waals surface area contributed by atoms with Crippen LogP contribution in [-0.2, 0) is 4.79 Å². The summed E-state index contributed by atoms with van der Waals surface area (Å²) in [6, 6.07) is 7.98. The van der Waals surface area contributed by atoms with Crippen LogP contribution in [0.5, 0.6) is 0 Å². The lowest BCUT2D eigenvalue weighted by atomic mass is 10.1. The number of rotatable bonds is 1. The number of hydrogen-bond donors (Lipinski definition) is 1. The predicted octanol–water partition coefficient (Wildman–Crippen LogP) is 4.61. The van der Waals surface area contributed by atoms with Gasteiger partial charge in [-0.2, -0.15) is 0 Å². The highest BCUT2D eigenvalue weighted by molar-refractivity contribution is 14.1. The summed E-state index contributed by atoms with van der Waals surface area (Å²) in [6.07, 6.45) is 1.94. The fraction of sp³-hybridized carbons (Fsp3) is 0. The lowest BCUT2D eigenvalue weighted by molar-refractivity contribution is -0.110. The Bertz CT molecular complexity index is 677. The molecule has 0 aliphatic carbocycles. The van der Waals surface area contributed by atoms with E-state index in [1.165, 1.54) is 0 Å². The summed E-state index contributed by atoms with van der Waals surface area (Å²) in [4.78, 5) is 13.0. The van der Waals surface area contributed by atoms with Gasteiger partial charge < -0.3 is 5.32 Å². The molecule has 5 heteroatoms. The third-order valence-corrected chi connectivity index (χ3v) is 4.95. The second-order valence-electron chi connectivity index (χ2n) is 3.87. The van der Waals surface area contributed by atoms with E-state index in [9.17, 15) is 4.79 Å². The summed E-state index contributed by atoms with van der Waals surface area (Å²) >= 11 is 7.29. The zero-order chi connectivity index (χ0) is 12.7. The Kier molecular flexibility index (Phi) is 3.29. The van der Waals surface area contributed by atoms with E-state index in [-0.39, 0.29) is 5.91 Å². The van der Waals surface area contributed by atoms with E-state index in [2.05, 4.69) is 43.8 Å². The van der Waals surface area contributed by atoms with Crippen molar-refractivity contribution in [1.29, 1.82) is 0 Å². The van der Waals surface area contributed by atoms with Gasteiger partial charge in [0.1, 0.15) is 0 Å². The highest BCUT2D eigenvalue weighted by atomic mass is 127. The van der Waals surface area contributed by atoms with Crippen LogP contribution in [0.15, 0.2) is 34.1 Å². The molecule has 1 aliphatic rings. The number of benzene rings is 1. The van der Waals surface area contributed by atoms with Gasteiger partial charge >= 0.3 is 0 Å². The molecule has 90 valence electrons. The summed E-state index contributed by atoms with van der Waals surface area (Å²) in [7, 11) is 0. The Morgan fingerprint density at radius 3 is 2.89 bits per heavy atom. The third-order valence-electron chi connectivity index (χ3n) is 2.64. The van der Waals surface area contributed by atoms with Crippen molar-refractivity contribution >= 4 is 73.1 Å². The maximum Gasteiger partial charge on any atom is 0.256 e. The quantitative estimate of drug-likeness (QED) is 0.518. The third kappa shape index (κ3) is 2.26. The molecule has 0 atom stereocenters. The molecule has 2 nitrogen and oxygen atoms in total. The minimum atomic E-state index is -0.0310. The van der Waals surface area contributed by atoms with Crippen LogP contribution >= 0.6 is 49.9 Å². The van der Waals surface area contributed by atoms with Crippen LogP contribution in [0.1, 0.15) is 10.4 Å². The van der Waals surface area contributed by atoms with Gasteiger partial charge in [0.15, 0.2) is 0 Å². The molecule has 0 radical (unpaired) electrons. The molecule has 0 spiro atoms. The maximum absolute atomic E-state index is 12.0. The minimum absolute atomic E-state index is 0.0310. The fourth-order valence-electron chi connectivity index (χ4n) is 1.85. The molecular formula is C13H7BrINOS. The van der Waals surface area contributed by atoms with Gasteiger partial charge in [-0.1, -0.05) is 0 Å². The van der Waals surface area contributed by atoms with Crippen LogP contribution in [0.2, 0.25) is 0 Å². The molecule has 0 unspecified atom stereocenters. The van der Waals surface area contributed by atoms with E-state index in [1.54, 1.807) is 11.3 Å². The molecule has 2 aromatic rings. The Hall–Kier alpha value is -0.660. The first-order valence-corrected chi connectivity index (χ1v) is 7.95. The first kappa shape index (κ1) is 12.4. The predicted molar refractivity (Wildman–Crippen MR) is 87.7 cm³/mol. The Morgan fingerprint density at radius 2 is 2.17 bits per heavy atom. The fourth-order valence-corrected chi connectivity index (χ4v) is 3.72. The highest BCUT2D eigenvalue weighted by Gasteiger charge is 2.24. The van der Waals surface area contributed by atoms with E-state index >= 15 is 0 Å². The Balaban J connectivity index is 2.11. The minimum Gasteiger partial charge on any atom is -0.321 e. The maximum atomic E-state index is 12.0. The monoisotopic (exact) mass is 431 g/mol. The number of halogens is 2. The number of hydrogen-bond acceptors (Lipinski definition) is 2. The summed E-state index contributed by atoms with van der Waals surface area (Å²) in [5.74, 6) is -0.0310. The SMILES string of the molecule is O=C1Nc2ccc(I)cc2C1=Cc1cc(Br)cs1. The van der Waals surface area contributed by atoms with E-state index in [1.807, 2.05) is 35.7 Å². The second-order valence-corrected chi connectivity index (χ2v) is 6.97. The average Bonchev–Trinajstić information content (AvgIpc) is 2.86. The molecule has 0 saturated heterocycles.